The van der Waals surface area contributed by atoms with Gasteiger partial charge in [0, 0.05) is 5.92 Å². The molecule has 4 aliphatic rings. The number of carbonyl (C=O) groups excluding carboxylic acids is 1. The van der Waals surface area contributed by atoms with Gasteiger partial charge < -0.3 is 5.11 Å². The molecule has 0 amide bonds. The molecule has 2 nitrogen and oxygen atoms in total. The summed E-state index contributed by atoms with van der Waals surface area (Å²) in [7, 11) is 0. The van der Waals surface area contributed by atoms with Crippen molar-refractivity contribution < 1.29 is 14.3 Å². The Hall–Kier alpha value is 0.0400. The van der Waals surface area contributed by atoms with Crippen LogP contribution in [0.1, 0.15) is 72.1 Å². The van der Waals surface area contributed by atoms with Crippen molar-refractivity contribution >= 4 is 21.7 Å². The van der Waals surface area contributed by atoms with Crippen molar-refractivity contribution in [1.29, 1.82) is 0 Å². The van der Waals surface area contributed by atoms with Crippen molar-refractivity contribution in [2.45, 2.75) is 77.7 Å². The molecule has 4 heteroatoms. The second-order valence-electron chi connectivity index (χ2n) is 9.81. The Morgan fingerprint density at radius 3 is 2.50 bits per heavy atom. The van der Waals surface area contributed by atoms with Crippen LogP contribution in [0.25, 0.3) is 0 Å². The average molecular weight is 431 g/mol. The monoisotopic (exact) mass is 430 g/mol. The minimum atomic E-state index is -1.04. The van der Waals surface area contributed by atoms with Crippen LogP contribution in [0.3, 0.4) is 0 Å². The Labute approximate surface area is 166 Å². The van der Waals surface area contributed by atoms with Crippen LogP contribution >= 0.6 is 15.9 Å². The highest BCUT2D eigenvalue weighted by atomic mass is 79.9. The maximum absolute atomic E-state index is 13.2. The first-order valence-corrected chi connectivity index (χ1v) is 11.4. The normalized spacial score (nSPS) is 50.2. The maximum atomic E-state index is 13.2. The molecule has 4 rings (SSSR count). The van der Waals surface area contributed by atoms with Gasteiger partial charge in [0.25, 0.3) is 0 Å². The number of aliphatic hydroxyl groups is 1. The van der Waals surface area contributed by atoms with E-state index in [4.69, 9.17) is 0 Å². The van der Waals surface area contributed by atoms with E-state index in [1.165, 1.54) is 25.7 Å². The average Bonchev–Trinajstić information content (AvgIpc) is 2.98. The number of hydrogen-bond donors (Lipinski definition) is 1. The Balaban J connectivity index is 0.00000196. The van der Waals surface area contributed by atoms with E-state index >= 15 is 0 Å². The first-order chi connectivity index (χ1) is 11.9. The summed E-state index contributed by atoms with van der Waals surface area (Å²) in [5.74, 6) is 4.05. The van der Waals surface area contributed by atoms with Crippen molar-refractivity contribution in [3.8, 4) is 0 Å². The number of hydrogen-bond acceptors (Lipinski definition) is 2. The van der Waals surface area contributed by atoms with Crippen molar-refractivity contribution in [1.82, 2.24) is 0 Å². The van der Waals surface area contributed by atoms with E-state index < -0.39 is 12.3 Å². The van der Waals surface area contributed by atoms with Crippen molar-refractivity contribution in [3.63, 3.8) is 0 Å². The number of rotatable bonds is 3. The third kappa shape index (κ3) is 3.11. The molecule has 0 radical (unpaired) electrons. The van der Waals surface area contributed by atoms with Crippen LogP contribution in [0, 0.1) is 40.9 Å². The SMILES string of the molecule is C.C[C@]12CC[C@H]3[C@@H](CC[C@H]4C[C@@](O)(CF)CC[C@@H]43)[C@@H]1CC[C@@H]2C(=O)CBr. The lowest BCUT2D eigenvalue weighted by Gasteiger charge is -2.56. The van der Waals surface area contributed by atoms with E-state index in [1.807, 2.05) is 0 Å². The molecule has 0 heterocycles. The molecule has 0 aromatic carbocycles. The van der Waals surface area contributed by atoms with Crippen LogP contribution in [0.15, 0.2) is 0 Å². The molecule has 150 valence electrons. The lowest BCUT2D eigenvalue weighted by atomic mass is 9.49. The van der Waals surface area contributed by atoms with Gasteiger partial charge in [-0.2, -0.15) is 0 Å². The largest absolute Gasteiger partial charge is 0.387 e. The maximum Gasteiger partial charge on any atom is 0.147 e. The number of carbonyl (C=O) groups is 1. The summed E-state index contributed by atoms with van der Waals surface area (Å²) in [4.78, 5) is 12.5. The van der Waals surface area contributed by atoms with Gasteiger partial charge >= 0.3 is 0 Å². The number of halogens is 2. The highest BCUT2D eigenvalue weighted by molar-refractivity contribution is 9.09. The Kier molecular flexibility index (Phi) is 5.96. The third-order valence-corrected chi connectivity index (χ3v) is 9.43. The predicted octanol–water partition coefficient (Wildman–Crippen LogP) is 5.56. The van der Waals surface area contributed by atoms with Crippen LogP contribution < -0.4 is 0 Å². The standard InChI is InChI=1S/C21H32BrFO2.CH4/c1-20-8-6-15-14-7-9-21(25,12-23)10-13(14)2-3-16(15)17(20)4-5-18(20)19(24)11-22;/h13-18,25H,2-12H2,1H3;1H4/t13-,14-,15+,16+,17-,18+,20-,21+;/m0./s1. The summed E-state index contributed by atoms with van der Waals surface area (Å²) in [5, 5.41) is 10.9. The molecule has 4 saturated carbocycles. The van der Waals surface area contributed by atoms with Gasteiger partial charge in [-0.3, -0.25) is 4.79 Å². The molecular formula is C22H36BrFO2. The Morgan fingerprint density at radius 2 is 1.81 bits per heavy atom. The molecule has 0 saturated heterocycles. The third-order valence-electron chi connectivity index (χ3n) is 8.87. The number of alkyl halides is 2. The zero-order chi connectivity index (χ0) is 17.8. The molecule has 0 aliphatic heterocycles. The summed E-state index contributed by atoms with van der Waals surface area (Å²) in [6.45, 7) is 1.81. The number of ketones is 1. The van der Waals surface area contributed by atoms with Crippen molar-refractivity contribution in [2.75, 3.05) is 12.0 Å². The molecule has 1 N–H and O–H groups in total. The fourth-order valence-electron chi connectivity index (χ4n) is 7.71. The first kappa shape index (κ1) is 20.8. The van der Waals surface area contributed by atoms with E-state index in [2.05, 4.69) is 22.9 Å². The van der Waals surface area contributed by atoms with Gasteiger partial charge in [-0.15, -0.1) is 0 Å². The molecule has 0 spiro atoms. The van der Waals surface area contributed by atoms with Crippen molar-refractivity contribution in [2.24, 2.45) is 40.9 Å². The van der Waals surface area contributed by atoms with Crippen LogP contribution in [0.5, 0.6) is 0 Å². The van der Waals surface area contributed by atoms with E-state index in [1.54, 1.807) is 0 Å². The van der Waals surface area contributed by atoms with E-state index in [9.17, 15) is 14.3 Å². The zero-order valence-corrected chi connectivity index (χ0v) is 16.9. The quantitative estimate of drug-likeness (QED) is 0.595. The van der Waals surface area contributed by atoms with Gasteiger partial charge in [0.05, 0.1) is 10.9 Å². The summed E-state index contributed by atoms with van der Waals surface area (Å²) < 4.78 is 13.2. The summed E-state index contributed by atoms with van der Waals surface area (Å²) in [5.41, 5.74) is -0.842. The van der Waals surface area contributed by atoms with E-state index in [0.717, 1.165) is 31.1 Å². The van der Waals surface area contributed by atoms with Gasteiger partial charge in [0.2, 0.25) is 0 Å². The summed E-state index contributed by atoms with van der Waals surface area (Å²) >= 11 is 3.39. The lowest BCUT2D eigenvalue weighted by Crippen LogP contribution is -2.52. The van der Waals surface area contributed by atoms with Gasteiger partial charge in [0.15, 0.2) is 0 Å². The van der Waals surface area contributed by atoms with Gasteiger partial charge in [0.1, 0.15) is 12.5 Å². The van der Waals surface area contributed by atoms with Gasteiger partial charge in [-0.05, 0) is 92.8 Å². The molecule has 0 bridgehead atoms. The minimum Gasteiger partial charge on any atom is -0.387 e. The van der Waals surface area contributed by atoms with Crippen LogP contribution in [0.2, 0.25) is 0 Å². The zero-order valence-electron chi connectivity index (χ0n) is 15.4. The van der Waals surface area contributed by atoms with Crippen molar-refractivity contribution in [3.05, 3.63) is 0 Å². The smallest absolute Gasteiger partial charge is 0.147 e. The second kappa shape index (κ2) is 7.46. The molecule has 0 aromatic heterocycles. The summed E-state index contributed by atoms with van der Waals surface area (Å²) in [6.07, 6.45) is 9.39. The van der Waals surface area contributed by atoms with Gasteiger partial charge in [-0.25, -0.2) is 4.39 Å². The Morgan fingerprint density at radius 1 is 1.08 bits per heavy atom. The van der Waals surface area contributed by atoms with Crippen LogP contribution in [0.4, 0.5) is 4.39 Å². The highest BCUT2D eigenvalue weighted by Crippen LogP contribution is 2.64. The topological polar surface area (TPSA) is 37.3 Å². The van der Waals surface area contributed by atoms with Crippen LogP contribution in [-0.4, -0.2) is 28.5 Å². The highest BCUT2D eigenvalue weighted by Gasteiger charge is 2.58. The van der Waals surface area contributed by atoms with Crippen LogP contribution in [-0.2, 0) is 4.79 Å². The fraction of sp³-hybridized carbons (Fsp3) is 0.955. The predicted molar refractivity (Wildman–Crippen MR) is 107 cm³/mol. The fourth-order valence-corrected chi connectivity index (χ4v) is 8.10. The summed E-state index contributed by atoms with van der Waals surface area (Å²) in [6, 6.07) is 0. The second-order valence-corrected chi connectivity index (χ2v) is 10.4. The molecule has 4 aliphatic carbocycles. The molecule has 4 fully saturated rings. The number of fused-ring (bicyclic) bond motifs is 5. The lowest BCUT2D eigenvalue weighted by molar-refractivity contribution is -0.131. The van der Waals surface area contributed by atoms with E-state index in [-0.39, 0.29) is 18.8 Å². The molecule has 0 unspecified atom stereocenters. The first-order valence-electron chi connectivity index (χ1n) is 10.3. The van der Waals surface area contributed by atoms with E-state index in [0.29, 0.717) is 41.7 Å². The Bertz CT molecular complexity index is 540. The molecule has 8 atom stereocenters. The number of Topliss-reactive ketones (excluding diaryl/α,β-unsaturated/α-hetero) is 1. The molecule has 26 heavy (non-hydrogen) atoms. The minimum absolute atomic E-state index is 0. The molecule has 0 aromatic rings. The molecular weight excluding hydrogens is 395 g/mol. The van der Waals surface area contributed by atoms with Gasteiger partial charge in [-0.1, -0.05) is 30.3 Å².